The van der Waals surface area contributed by atoms with Crippen molar-refractivity contribution in [2.45, 2.75) is 19.0 Å². The molecule has 0 radical (unpaired) electrons. The van der Waals surface area contributed by atoms with E-state index < -0.39 is 0 Å². The number of nitrogens with zero attached hydrogens (tertiary/aromatic N) is 1. The maximum atomic E-state index is 12.6. The van der Waals surface area contributed by atoms with Crippen molar-refractivity contribution >= 4 is 0 Å². The van der Waals surface area contributed by atoms with Gasteiger partial charge in [0.05, 0.1) is 17.9 Å². The fourth-order valence-corrected chi connectivity index (χ4v) is 1.11. The molecule has 0 aromatic carbocycles. The Labute approximate surface area is 94.5 Å². The van der Waals surface area contributed by atoms with E-state index in [1.807, 2.05) is 6.92 Å². The minimum absolute atomic E-state index is 0.0878. The summed E-state index contributed by atoms with van der Waals surface area (Å²) in [6.07, 6.45) is 4.64. The van der Waals surface area contributed by atoms with Crippen molar-refractivity contribution in [1.29, 1.82) is 0 Å². The lowest BCUT2D eigenvalue weighted by molar-refractivity contribution is 0.617. The molecule has 2 atom stereocenters. The molecule has 0 saturated heterocycles. The van der Waals surface area contributed by atoms with Crippen LogP contribution in [-0.2, 0) is 0 Å². The second-order valence-electron chi connectivity index (χ2n) is 3.67. The van der Waals surface area contributed by atoms with Gasteiger partial charge in [0, 0.05) is 12.6 Å². The van der Waals surface area contributed by atoms with Crippen molar-refractivity contribution in [2.24, 2.45) is 11.5 Å². The van der Waals surface area contributed by atoms with Crippen LogP contribution in [0, 0.1) is 5.82 Å². The maximum Gasteiger partial charge on any atom is 0.141 e. The topological polar surface area (TPSA) is 77.0 Å². The van der Waals surface area contributed by atoms with Gasteiger partial charge in [-0.15, -0.1) is 0 Å². The van der Waals surface area contributed by atoms with Crippen LogP contribution in [0.3, 0.4) is 0 Å². The predicted octanol–water partition coefficient (Wildman–Crippen LogP) is 0.671. The van der Waals surface area contributed by atoms with Crippen molar-refractivity contribution in [1.82, 2.24) is 10.3 Å². The van der Waals surface area contributed by atoms with Gasteiger partial charge in [0.15, 0.2) is 0 Å². The summed E-state index contributed by atoms with van der Waals surface area (Å²) < 4.78 is 12.6. The lowest BCUT2D eigenvalue weighted by Gasteiger charge is -2.07. The van der Waals surface area contributed by atoms with E-state index in [1.54, 1.807) is 18.3 Å². The van der Waals surface area contributed by atoms with Gasteiger partial charge in [0.2, 0.25) is 0 Å². The summed E-state index contributed by atoms with van der Waals surface area (Å²) in [6, 6.07) is 2.65. The fraction of sp³-hybridized carbons (Fsp3) is 0.364. The van der Waals surface area contributed by atoms with E-state index in [9.17, 15) is 4.39 Å². The normalized spacial score (nSPS) is 15.0. The van der Waals surface area contributed by atoms with Crippen LogP contribution in [0.4, 0.5) is 4.39 Å². The molecule has 0 spiro atoms. The highest BCUT2D eigenvalue weighted by molar-refractivity contribution is 5.14. The maximum absolute atomic E-state index is 12.6. The molecule has 0 bridgehead atoms. The van der Waals surface area contributed by atoms with Crippen LogP contribution in [0.2, 0.25) is 0 Å². The van der Waals surface area contributed by atoms with E-state index in [0.717, 1.165) is 6.20 Å². The molecule has 16 heavy (non-hydrogen) atoms. The lowest BCUT2D eigenvalue weighted by Crippen LogP contribution is -2.28. The molecular formula is C11H17FN4. The molecule has 4 nitrogen and oxygen atoms in total. The van der Waals surface area contributed by atoms with E-state index in [4.69, 9.17) is 11.5 Å². The van der Waals surface area contributed by atoms with Gasteiger partial charge in [-0.2, -0.15) is 0 Å². The number of aromatic nitrogens is 1. The molecule has 1 rings (SSSR count). The monoisotopic (exact) mass is 224 g/mol. The largest absolute Gasteiger partial charge is 0.390 e. The fourth-order valence-electron chi connectivity index (χ4n) is 1.11. The van der Waals surface area contributed by atoms with Crippen LogP contribution in [0.5, 0.6) is 0 Å². The van der Waals surface area contributed by atoms with Crippen molar-refractivity contribution in [3.05, 3.63) is 42.1 Å². The first kappa shape index (κ1) is 12.6. The van der Waals surface area contributed by atoms with Gasteiger partial charge < -0.3 is 16.8 Å². The molecule has 1 heterocycles. The Morgan fingerprint density at radius 2 is 2.25 bits per heavy atom. The summed E-state index contributed by atoms with van der Waals surface area (Å²) in [5, 5.41) is 3.01. The molecule has 1 unspecified atom stereocenters. The first-order chi connectivity index (χ1) is 7.59. The average molecular weight is 224 g/mol. The molecule has 0 aliphatic rings. The first-order valence-corrected chi connectivity index (χ1v) is 5.12. The summed E-state index contributed by atoms with van der Waals surface area (Å²) in [7, 11) is 0. The zero-order valence-electron chi connectivity index (χ0n) is 9.23. The predicted molar refractivity (Wildman–Crippen MR) is 61.9 cm³/mol. The number of hydrogen-bond acceptors (Lipinski definition) is 4. The van der Waals surface area contributed by atoms with Crippen molar-refractivity contribution in [3.63, 3.8) is 0 Å². The number of pyridine rings is 1. The van der Waals surface area contributed by atoms with Crippen LogP contribution in [0.1, 0.15) is 18.7 Å². The molecule has 5 heteroatoms. The minimum Gasteiger partial charge on any atom is -0.390 e. The molecule has 1 aromatic rings. The quantitative estimate of drug-likeness (QED) is 0.687. The van der Waals surface area contributed by atoms with E-state index in [-0.39, 0.29) is 17.9 Å². The Morgan fingerprint density at radius 1 is 1.50 bits per heavy atom. The standard InChI is InChI=1S/C11H17FN4/c1-8(13)6-15-5-4-10(14)11-3-2-9(12)7-16-11/h2-5,7-8,10,15H,6,13-14H2,1H3/b5-4-/t8-,10?/m0/s1. The van der Waals surface area contributed by atoms with Gasteiger partial charge in [-0.3, -0.25) is 4.98 Å². The van der Waals surface area contributed by atoms with Crippen LogP contribution in [0.15, 0.2) is 30.6 Å². The van der Waals surface area contributed by atoms with Crippen molar-refractivity contribution in [3.8, 4) is 0 Å². The number of rotatable bonds is 5. The summed E-state index contributed by atoms with van der Waals surface area (Å²) in [4.78, 5) is 3.89. The zero-order valence-corrected chi connectivity index (χ0v) is 9.23. The molecule has 0 aliphatic carbocycles. The third-order valence-electron chi connectivity index (χ3n) is 1.95. The third kappa shape index (κ3) is 4.37. The van der Waals surface area contributed by atoms with Crippen molar-refractivity contribution in [2.75, 3.05) is 6.54 Å². The van der Waals surface area contributed by atoms with E-state index in [1.165, 1.54) is 6.07 Å². The molecule has 0 fully saturated rings. The minimum atomic E-state index is -0.366. The summed E-state index contributed by atoms with van der Waals surface area (Å²) >= 11 is 0. The third-order valence-corrected chi connectivity index (χ3v) is 1.95. The highest BCUT2D eigenvalue weighted by Gasteiger charge is 2.02. The SMILES string of the molecule is C[C@H](N)CN/C=C\C(N)c1ccc(F)cn1. The van der Waals surface area contributed by atoms with Crippen LogP contribution < -0.4 is 16.8 Å². The molecule has 0 saturated carbocycles. The van der Waals surface area contributed by atoms with E-state index in [0.29, 0.717) is 12.2 Å². The van der Waals surface area contributed by atoms with Crippen LogP contribution in [0.25, 0.3) is 0 Å². The smallest absolute Gasteiger partial charge is 0.141 e. The molecular weight excluding hydrogens is 207 g/mol. The summed E-state index contributed by atoms with van der Waals surface area (Å²) in [5.41, 5.74) is 12.0. The van der Waals surface area contributed by atoms with Gasteiger partial charge >= 0.3 is 0 Å². The van der Waals surface area contributed by atoms with E-state index >= 15 is 0 Å². The summed E-state index contributed by atoms with van der Waals surface area (Å²) in [5.74, 6) is -0.366. The lowest BCUT2D eigenvalue weighted by atomic mass is 10.2. The van der Waals surface area contributed by atoms with Gasteiger partial charge in [0.25, 0.3) is 0 Å². The average Bonchev–Trinajstić information content (AvgIpc) is 2.25. The number of nitrogens with one attached hydrogen (secondary N) is 1. The molecule has 5 N–H and O–H groups in total. The highest BCUT2D eigenvalue weighted by atomic mass is 19.1. The Balaban J connectivity index is 2.45. The zero-order chi connectivity index (χ0) is 12.0. The van der Waals surface area contributed by atoms with Crippen LogP contribution >= 0.6 is 0 Å². The van der Waals surface area contributed by atoms with E-state index in [2.05, 4.69) is 10.3 Å². The van der Waals surface area contributed by atoms with Gasteiger partial charge in [-0.05, 0) is 31.3 Å². The van der Waals surface area contributed by atoms with Gasteiger partial charge in [-0.1, -0.05) is 0 Å². The molecule has 0 amide bonds. The summed E-state index contributed by atoms with van der Waals surface area (Å²) in [6.45, 7) is 2.59. The Hall–Kier alpha value is -1.46. The second-order valence-corrected chi connectivity index (χ2v) is 3.67. The number of nitrogens with two attached hydrogens (primary N) is 2. The Bertz CT molecular complexity index is 334. The van der Waals surface area contributed by atoms with Gasteiger partial charge in [0.1, 0.15) is 5.82 Å². The van der Waals surface area contributed by atoms with Gasteiger partial charge in [-0.25, -0.2) is 4.39 Å². The van der Waals surface area contributed by atoms with Crippen molar-refractivity contribution < 1.29 is 4.39 Å². The highest BCUT2D eigenvalue weighted by Crippen LogP contribution is 2.08. The first-order valence-electron chi connectivity index (χ1n) is 5.12. The number of halogens is 1. The molecule has 0 aliphatic heterocycles. The Kier molecular flexibility index (Phi) is 4.88. The van der Waals surface area contributed by atoms with Crippen LogP contribution in [-0.4, -0.2) is 17.6 Å². The number of hydrogen-bond donors (Lipinski definition) is 3. The second kappa shape index (κ2) is 6.19. The molecule has 1 aromatic heterocycles. The Morgan fingerprint density at radius 3 is 2.81 bits per heavy atom. The molecule has 88 valence electrons.